The summed E-state index contributed by atoms with van der Waals surface area (Å²) in [6, 6.07) is 3.16. The van der Waals surface area contributed by atoms with Crippen molar-refractivity contribution in [1.29, 1.82) is 0 Å². The second kappa shape index (κ2) is 10.9. The summed E-state index contributed by atoms with van der Waals surface area (Å²) in [5.41, 5.74) is 1.27. The Balaban J connectivity index is 1.48. The van der Waals surface area contributed by atoms with Crippen LogP contribution in [0.3, 0.4) is 0 Å². The molecule has 3 aromatic rings. The van der Waals surface area contributed by atoms with E-state index in [2.05, 4.69) is 25.5 Å². The molecular weight excluding hydrogens is 464 g/mol. The maximum absolute atomic E-state index is 12.9. The van der Waals surface area contributed by atoms with E-state index in [1.54, 1.807) is 18.6 Å². The second-order valence-corrected chi connectivity index (χ2v) is 9.48. The van der Waals surface area contributed by atoms with E-state index in [4.69, 9.17) is 4.42 Å². The van der Waals surface area contributed by atoms with Gasteiger partial charge < -0.3 is 19.6 Å². The lowest BCUT2D eigenvalue weighted by atomic mass is 9.95. The van der Waals surface area contributed by atoms with Crippen LogP contribution in [0.4, 0.5) is 4.79 Å². The van der Waals surface area contributed by atoms with Gasteiger partial charge in [0.2, 0.25) is 11.8 Å². The van der Waals surface area contributed by atoms with E-state index in [-0.39, 0.29) is 41.0 Å². The first-order valence-electron chi connectivity index (χ1n) is 12.2. The Bertz CT molecular complexity index is 1250. The van der Waals surface area contributed by atoms with Gasteiger partial charge in [0.1, 0.15) is 30.8 Å². The fraction of sp³-hybridized carbons (Fsp3) is 0.480. The Morgan fingerprint density at radius 3 is 2.75 bits per heavy atom. The number of Topliss-reactive ketones (excluding diaryl/α,β-unsaturated/α-hetero) is 1. The molecule has 1 fully saturated rings. The normalized spacial score (nSPS) is 20.0. The zero-order valence-corrected chi connectivity index (χ0v) is 20.5. The van der Waals surface area contributed by atoms with Crippen LogP contribution in [0.15, 0.2) is 35.1 Å². The van der Waals surface area contributed by atoms with Crippen LogP contribution in [0.5, 0.6) is 0 Å². The number of quaternary nitrogens is 1. The number of carbonyl (C=O) groups is 3. The fourth-order valence-electron chi connectivity index (χ4n) is 4.45. The molecule has 0 radical (unpaired) electrons. The maximum atomic E-state index is 12.9. The zero-order chi connectivity index (χ0) is 25.7. The third-order valence-corrected chi connectivity index (χ3v) is 6.70. The van der Waals surface area contributed by atoms with Gasteiger partial charge in [0.05, 0.1) is 18.1 Å². The van der Waals surface area contributed by atoms with E-state index in [1.807, 2.05) is 19.1 Å². The quantitative estimate of drug-likeness (QED) is 0.312. The van der Waals surface area contributed by atoms with Crippen LogP contribution in [0.25, 0.3) is 22.4 Å². The summed E-state index contributed by atoms with van der Waals surface area (Å²) in [5.74, 6) is 0.0438. The number of hydrogen-bond donors (Lipinski definition) is 1. The number of nitrogens with zero attached hydrogens (tertiary/aromatic N) is 5. The molecule has 2 amide bonds. The highest BCUT2D eigenvalue weighted by Gasteiger charge is 2.47. The molecule has 1 saturated heterocycles. The van der Waals surface area contributed by atoms with Gasteiger partial charge in [0, 0.05) is 36.8 Å². The van der Waals surface area contributed by atoms with Gasteiger partial charge in [-0.25, -0.2) is 0 Å². The van der Waals surface area contributed by atoms with Crippen LogP contribution in [-0.2, 0) is 9.59 Å². The van der Waals surface area contributed by atoms with Crippen LogP contribution < -0.4 is 10.4 Å². The van der Waals surface area contributed by atoms with Crippen molar-refractivity contribution in [3.05, 3.63) is 36.6 Å². The first kappa shape index (κ1) is 25.4. The molecular formula is C25H30N6O5. The monoisotopic (exact) mass is 494 g/mol. The number of fused-ring (bicyclic) bond motifs is 1. The Kier molecular flexibility index (Phi) is 7.68. The summed E-state index contributed by atoms with van der Waals surface area (Å²) in [6.45, 7) is 2.19. The van der Waals surface area contributed by atoms with Crippen molar-refractivity contribution in [2.75, 3.05) is 20.1 Å². The zero-order valence-electron chi connectivity index (χ0n) is 20.5. The van der Waals surface area contributed by atoms with E-state index in [9.17, 15) is 19.5 Å². The molecule has 0 spiro atoms. The Hall–Kier alpha value is -3.73. The molecule has 1 aliphatic rings. The topological polar surface area (TPSA) is 151 Å². The summed E-state index contributed by atoms with van der Waals surface area (Å²) in [6.07, 6.45) is 7.74. The molecule has 0 bridgehead atoms. The van der Waals surface area contributed by atoms with Gasteiger partial charge in [-0.05, 0) is 25.0 Å². The van der Waals surface area contributed by atoms with Crippen molar-refractivity contribution >= 4 is 28.7 Å². The van der Waals surface area contributed by atoms with Crippen molar-refractivity contribution in [3.63, 3.8) is 0 Å². The molecule has 11 heteroatoms. The summed E-state index contributed by atoms with van der Waals surface area (Å²) >= 11 is 0. The average molecular weight is 495 g/mol. The van der Waals surface area contributed by atoms with E-state index >= 15 is 0 Å². The smallest absolute Gasteiger partial charge is 0.257 e. The summed E-state index contributed by atoms with van der Waals surface area (Å²) < 4.78 is 5.69. The molecule has 36 heavy (non-hydrogen) atoms. The largest absolute Gasteiger partial charge is 0.498 e. The molecule has 0 saturated carbocycles. The molecule has 4 heterocycles. The number of pyridine rings is 2. The first-order chi connectivity index (χ1) is 17.3. The van der Waals surface area contributed by atoms with Crippen LogP contribution in [-0.4, -0.2) is 62.6 Å². The van der Waals surface area contributed by atoms with E-state index in [0.29, 0.717) is 30.3 Å². The molecule has 0 unspecified atom stereocenters. The number of rotatable bonds is 11. The molecule has 0 aromatic carbocycles. The Morgan fingerprint density at radius 1 is 1.19 bits per heavy atom. The molecule has 0 aliphatic carbocycles. The number of carbonyl (C=O) groups excluding carboxylic acids is 3. The minimum absolute atomic E-state index is 0.169. The number of aromatic nitrogens is 4. The highest BCUT2D eigenvalue weighted by molar-refractivity contribution is 5.90. The van der Waals surface area contributed by atoms with Crippen LogP contribution >= 0.6 is 0 Å². The lowest BCUT2D eigenvalue weighted by molar-refractivity contribution is -0.901. The molecule has 1 aliphatic heterocycles. The molecule has 190 valence electrons. The van der Waals surface area contributed by atoms with Crippen molar-refractivity contribution in [3.8, 4) is 11.5 Å². The predicted molar refractivity (Wildman–Crippen MR) is 127 cm³/mol. The van der Waals surface area contributed by atoms with Gasteiger partial charge in [0.15, 0.2) is 0 Å². The molecule has 11 nitrogen and oxygen atoms in total. The van der Waals surface area contributed by atoms with Gasteiger partial charge in [-0.15, -0.1) is 10.2 Å². The fourth-order valence-corrected chi connectivity index (χ4v) is 4.45. The Morgan fingerprint density at radius 2 is 2.00 bits per heavy atom. The van der Waals surface area contributed by atoms with Crippen molar-refractivity contribution in [2.24, 2.45) is 5.92 Å². The van der Waals surface area contributed by atoms with Crippen LogP contribution in [0, 0.1) is 5.92 Å². The van der Waals surface area contributed by atoms with Gasteiger partial charge in [-0.3, -0.25) is 24.0 Å². The first-order valence-corrected chi connectivity index (χ1v) is 12.2. The predicted octanol–water partition coefficient (Wildman–Crippen LogP) is 2.19. The van der Waals surface area contributed by atoms with Gasteiger partial charge >= 0.3 is 0 Å². The number of unbranched alkanes of at least 4 members (excludes halogenated alkanes) is 2. The van der Waals surface area contributed by atoms with E-state index < -0.39 is 18.1 Å². The number of amides is 2. The van der Waals surface area contributed by atoms with Gasteiger partial charge in [-0.1, -0.05) is 19.8 Å². The Labute approximate surface area is 208 Å². The third-order valence-electron chi connectivity index (χ3n) is 6.70. The number of nitrogens with one attached hydrogen (secondary N) is 1. The van der Waals surface area contributed by atoms with Crippen molar-refractivity contribution in [1.82, 2.24) is 25.5 Å². The maximum Gasteiger partial charge on any atom is 0.257 e. The summed E-state index contributed by atoms with van der Waals surface area (Å²) in [7, 11) is 1.53. The van der Waals surface area contributed by atoms with E-state index in [1.165, 1.54) is 7.05 Å². The summed E-state index contributed by atoms with van der Waals surface area (Å²) in [4.78, 5) is 44.4. The number of carboxylic acid groups (broad SMARTS) is 1. The standard InChI is InChI=1S/C25H30N6O5/c1-3-18(32)9-5-4-6-10-20(28-22(33)17-14-31(2,15-17)25(34)35)24-30-29-23(36-24)19-13-26-12-16-8-7-11-27-21(16)19/h7-8,11-13,17,20H,3-6,9-10,14-15H2,1-2H3,(H-,28,33,34,35)/t17?,20-,31?/m0/s1. The number of likely N-dealkylation sites (tertiary alicyclic amines) is 1. The molecule has 4 rings (SSSR count). The van der Waals surface area contributed by atoms with E-state index in [0.717, 1.165) is 24.6 Å². The van der Waals surface area contributed by atoms with Crippen LogP contribution in [0.2, 0.25) is 0 Å². The lowest BCUT2D eigenvalue weighted by Gasteiger charge is -2.45. The van der Waals surface area contributed by atoms with Crippen molar-refractivity contribution in [2.45, 2.75) is 51.5 Å². The lowest BCUT2D eigenvalue weighted by Crippen LogP contribution is -2.70. The van der Waals surface area contributed by atoms with Crippen LogP contribution in [0.1, 0.15) is 57.4 Å². The average Bonchev–Trinajstić information content (AvgIpc) is 3.35. The highest BCUT2D eigenvalue weighted by atomic mass is 16.4. The number of ketones is 1. The number of hydrogen-bond acceptors (Lipinski definition) is 9. The SMILES string of the molecule is CCC(=O)CCCCC[C@H](NC(=O)C1C[N+](C)(C(=O)[O-])C1)c1nnc(-c2cncc3cccnc23)o1. The molecule has 1 atom stereocenters. The molecule has 1 N–H and O–H groups in total. The summed E-state index contributed by atoms with van der Waals surface area (Å²) in [5, 5.41) is 23.5. The highest BCUT2D eigenvalue weighted by Crippen LogP contribution is 2.29. The third kappa shape index (κ3) is 5.56. The second-order valence-electron chi connectivity index (χ2n) is 9.48. The minimum Gasteiger partial charge on any atom is -0.498 e. The minimum atomic E-state index is -1.20. The molecule has 3 aromatic heterocycles. The van der Waals surface area contributed by atoms with Gasteiger partial charge in [-0.2, -0.15) is 0 Å². The van der Waals surface area contributed by atoms with Crippen molar-refractivity contribution < 1.29 is 28.4 Å². The van der Waals surface area contributed by atoms with Gasteiger partial charge in [0.25, 0.3) is 12.0 Å².